The lowest BCUT2D eigenvalue weighted by molar-refractivity contribution is 0.604. The third-order valence-electron chi connectivity index (χ3n) is 2.09. The summed E-state index contributed by atoms with van der Waals surface area (Å²) in [6, 6.07) is 0. The lowest BCUT2D eigenvalue weighted by Crippen LogP contribution is -2.16. The molecule has 0 aliphatic carbocycles. The summed E-state index contributed by atoms with van der Waals surface area (Å²) in [5, 5.41) is 3.36. The Bertz CT molecular complexity index is 265. The Balaban J connectivity index is 2.33. The summed E-state index contributed by atoms with van der Waals surface area (Å²) in [7, 11) is 0. The van der Waals surface area contributed by atoms with Gasteiger partial charge in [0.1, 0.15) is 0 Å². The minimum atomic E-state index is 0.897. The first kappa shape index (κ1) is 11.0. The fourth-order valence-corrected chi connectivity index (χ4v) is 1.36. The lowest BCUT2D eigenvalue weighted by Gasteiger charge is -2.06. The third kappa shape index (κ3) is 3.34. The van der Waals surface area contributed by atoms with E-state index in [0.29, 0.717) is 0 Å². The molecule has 78 valence electrons. The van der Waals surface area contributed by atoms with Gasteiger partial charge in [0.15, 0.2) is 0 Å². The third-order valence-corrected chi connectivity index (χ3v) is 2.09. The normalized spacial score (nSPS) is 10.4. The van der Waals surface area contributed by atoms with Gasteiger partial charge in [0, 0.05) is 19.3 Å². The van der Waals surface area contributed by atoms with Gasteiger partial charge < -0.3 is 9.88 Å². The zero-order valence-corrected chi connectivity index (χ0v) is 8.87. The molecule has 1 aromatic rings. The van der Waals surface area contributed by atoms with Crippen LogP contribution in [-0.4, -0.2) is 16.1 Å². The molecule has 0 saturated carbocycles. The van der Waals surface area contributed by atoms with E-state index in [1.54, 1.807) is 0 Å². The first-order chi connectivity index (χ1) is 6.88. The smallest absolute Gasteiger partial charge is 0.0948 e. The van der Waals surface area contributed by atoms with Gasteiger partial charge in [-0.1, -0.05) is 13.0 Å². The lowest BCUT2D eigenvalue weighted by atomic mass is 10.4. The van der Waals surface area contributed by atoms with Gasteiger partial charge in [0.2, 0.25) is 0 Å². The highest BCUT2D eigenvalue weighted by Gasteiger charge is 1.99. The highest BCUT2D eigenvalue weighted by atomic mass is 15.1. The van der Waals surface area contributed by atoms with Crippen LogP contribution in [0.4, 0.5) is 0 Å². The predicted molar refractivity (Wildman–Crippen MR) is 59.0 cm³/mol. The Labute approximate surface area is 85.8 Å². The van der Waals surface area contributed by atoms with E-state index in [1.807, 2.05) is 18.6 Å². The number of nitrogens with one attached hydrogen (secondary N) is 1. The molecule has 0 aromatic carbocycles. The zero-order valence-electron chi connectivity index (χ0n) is 8.87. The Morgan fingerprint density at radius 3 is 3.21 bits per heavy atom. The molecule has 14 heavy (non-hydrogen) atoms. The first-order valence-electron chi connectivity index (χ1n) is 5.19. The minimum absolute atomic E-state index is 0.897. The van der Waals surface area contributed by atoms with Crippen molar-refractivity contribution in [1.29, 1.82) is 0 Å². The molecule has 0 aliphatic rings. The van der Waals surface area contributed by atoms with Crippen LogP contribution in [-0.2, 0) is 13.1 Å². The topological polar surface area (TPSA) is 29.9 Å². The number of hydrogen-bond acceptors (Lipinski definition) is 2. The molecule has 3 nitrogen and oxygen atoms in total. The maximum atomic E-state index is 4.14. The molecule has 0 radical (unpaired) electrons. The molecule has 0 fully saturated rings. The van der Waals surface area contributed by atoms with Crippen LogP contribution in [0.3, 0.4) is 0 Å². The highest BCUT2D eigenvalue weighted by molar-refractivity contribution is 4.97. The number of imidazole rings is 1. The average molecular weight is 193 g/mol. The zero-order chi connectivity index (χ0) is 10.2. The van der Waals surface area contributed by atoms with Crippen LogP contribution in [0.1, 0.15) is 25.5 Å². The summed E-state index contributed by atoms with van der Waals surface area (Å²) in [6.45, 7) is 8.80. The van der Waals surface area contributed by atoms with Crippen LogP contribution in [0.25, 0.3) is 0 Å². The molecule has 0 atom stereocenters. The molecule has 3 heteroatoms. The molecule has 0 aliphatic heterocycles. The van der Waals surface area contributed by atoms with Gasteiger partial charge in [-0.05, 0) is 19.4 Å². The summed E-state index contributed by atoms with van der Waals surface area (Å²) in [4.78, 5) is 4.14. The Hall–Kier alpha value is -1.09. The van der Waals surface area contributed by atoms with Gasteiger partial charge >= 0.3 is 0 Å². The van der Waals surface area contributed by atoms with E-state index < -0.39 is 0 Å². The fourth-order valence-electron chi connectivity index (χ4n) is 1.36. The van der Waals surface area contributed by atoms with Crippen LogP contribution in [0, 0.1) is 0 Å². The molecule has 0 spiro atoms. The summed E-state index contributed by atoms with van der Waals surface area (Å²) in [6.07, 6.45) is 7.92. The van der Waals surface area contributed by atoms with Crippen LogP contribution in [0.2, 0.25) is 0 Å². The number of rotatable bonds is 7. The molecule has 1 heterocycles. The van der Waals surface area contributed by atoms with Crippen LogP contribution >= 0.6 is 0 Å². The van der Waals surface area contributed by atoms with Crippen molar-refractivity contribution in [2.24, 2.45) is 0 Å². The summed E-state index contributed by atoms with van der Waals surface area (Å²) in [5.74, 6) is 0. The first-order valence-corrected chi connectivity index (χ1v) is 5.19. The van der Waals surface area contributed by atoms with Crippen LogP contribution in [0.15, 0.2) is 25.2 Å². The maximum absolute atomic E-state index is 4.14. The average Bonchev–Trinajstić information content (AvgIpc) is 2.61. The van der Waals surface area contributed by atoms with Crippen molar-refractivity contribution in [3.8, 4) is 0 Å². The second-order valence-corrected chi connectivity index (χ2v) is 3.33. The quantitative estimate of drug-likeness (QED) is 0.530. The minimum Gasteiger partial charge on any atom is -0.333 e. The summed E-state index contributed by atoms with van der Waals surface area (Å²) in [5.41, 5.74) is 1.26. The molecule has 1 aromatic heterocycles. The number of aromatic nitrogens is 2. The molecule has 0 unspecified atom stereocenters. The van der Waals surface area contributed by atoms with E-state index in [4.69, 9.17) is 0 Å². The van der Waals surface area contributed by atoms with Crippen molar-refractivity contribution < 1.29 is 0 Å². The fraction of sp³-hybridized carbons (Fsp3) is 0.545. The van der Waals surface area contributed by atoms with E-state index in [2.05, 4.69) is 28.4 Å². The number of aryl methyl sites for hydroxylation is 1. The van der Waals surface area contributed by atoms with Crippen molar-refractivity contribution in [1.82, 2.24) is 14.9 Å². The van der Waals surface area contributed by atoms with Gasteiger partial charge in [-0.25, -0.2) is 4.98 Å². The number of hydrogen-bond donors (Lipinski definition) is 1. The van der Waals surface area contributed by atoms with Crippen molar-refractivity contribution in [2.75, 3.05) is 6.54 Å². The second kappa shape index (κ2) is 6.38. The summed E-state index contributed by atoms with van der Waals surface area (Å²) >= 11 is 0. The van der Waals surface area contributed by atoms with Crippen molar-refractivity contribution in [3.63, 3.8) is 0 Å². The van der Waals surface area contributed by atoms with E-state index in [-0.39, 0.29) is 0 Å². The molecule has 1 N–H and O–H groups in total. The van der Waals surface area contributed by atoms with Crippen molar-refractivity contribution in [2.45, 2.75) is 32.9 Å². The predicted octanol–water partition coefficient (Wildman–Crippen LogP) is 1.96. The molecule has 0 saturated heterocycles. The van der Waals surface area contributed by atoms with Crippen LogP contribution < -0.4 is 5.32 Å². The molecular formula is C11H19N3. The maximum Gasteiger partial charge on any atom is 0.0948 e. The number of nitrogens with zero attached hydrogens (tertiary/aromatic N) is 2. The van der Waals surface area contributed by atoms with Gasteiger partial charge in [0.25, 0.3) is 0 Å². The largest absolute Gasteiger partial charge is 0.333 e. The van der Waals surface area contributed by atoms with Gasteiger partial charge in [-0.3, -0.25) is 0 Å². The van der Waals surface area contributed by atoms with E-state index in [9.17, 15) is 0 Å². The second-order valence-electron chi connectivity index (χ2n) is 3.33. The Morgan fingerprint density at radius 1 is 1.64 bits per heavy atom. The van der Waals surface area contributed by atoms with Gasteiger partial charge in [-0.15, -0.1) is 6.58 Å². The van der Waals surface area contributed by atoms with Crippen molar-refractivity contribution >= 4 is 0 Å². The SMILES string of the molecule is C=CCCNCc1cncn1CCC. The van der Waals surface area contributed by atoms with Gasteiger partial charge in [-0.2, -0.15) is 0 Å². The molecular weight excluding hydrogens is 174 g/mol. The Morgan fingerprint density at radius 2 is 2.50 bits per heavy atom. The van der Waals surface area contributed by atoms with E-state index in [1.165, 1.54) is 5.69 Å². The molecule has 1 rings (SSSR count). The Kier molecular flexibility index (Phi) is 5.00. The van der Waals surface area contributed by atoms with Crippen molar-refractivity contribution in [3.05, 3.63) is 30.9 Å². The summed E-state index contributed by atoms with van der Waals surface area (Å²) < 4.78 is 2.20. The molecule has 0 amide bonds. The monoisotopic (exact) mass is 193 g/mol. The standard InChI is InChI=1S/C11H19N3/c1-3-5-6-12-8-11-9-13-10-14(11)7-4-2/h3,9-10,12H,1,4-8H2,2H3. The van der Waals surface area contributed by atoms with E-state index >= 15 is 0 Å². The van der Waals surface area contributed by atoms with Gasteiger partial charge in [0.05, 0.1) is 12.0 Å². The van der Waals surface area contributed by atoms with E-state index in [0.717, 1.165) is 32.5 Å². The highest BCUT2D eigenvalue weighted by Crippen LogP contribution is 2.00. The van der Waals surface area contributed by atoms with Crippen LogP contribution in [0.5, 0.6) is 0 Å². The molecule has 0 bridgehead atoms.